The van der Waals surface area contributed by atoms with E-state index in [4.69, 9.17) is 11.5 Å². The Bertz CT molecular complexity index is 440. The summed E-state index contributed by atoms with van der Waals surface area (Å²) in [4.78, 5) is 15.3. The number of nitrogens with zero attached hydrogens (tertiary/aromatic N) is 1. The third kappa shape index (κ3) is 2.49. The van der Waals surface area contributed by atoms with Gasteiger partial charge in [0.1, 0.15) is 5.82 Å². The summed E-state index contributed by atoms with van der Waals surface area (Å²) in [5.74, 6) is 0.129. The maximum Gasteiger partial charge on any atom is 0.250 e. The third-order valence-electron chi connectivity index (χ3n) is 3.46. The molecule has 0 saturated heterocycles. The molecule has 0 bridgehead atoms. The smallest absolute Gasteiger partial charge is 0.250 e. The largest absolute Gasteiger partial charge is 0.397 e. The van der Waals surface area contributed by atoms with E-state index in [-0.39, 0.29) is 0 Å². The molecule has 1 heterocycles. The third-order valence-corrected chi connectivity index (χ3v) is 3.46. The Hall–Kier alpha value is -1.78. The zero-order chi connectivity index (χ0) is 12.5. The molecule has 1 aliphatic rings. The molecule has 1 saturated carbocycles. The first-order chi connectivity index (χ1) is 8.00. The van der Waals surface area contributed by atoms with Gasteiger partial charge in [-0.1, -0.05) is 13.3 Å². The SMILES string of the molecule is CC1(CNc2cc(C(N)=O)c(N)cn2)CCC1. The van der Waals surface area contributed by atoms with E-state index in [1.54, 1.807) is 6.07 Å². The van der Waals surface area contributed by atoms with Crippen molar-refractivity contribution in [3.63, 3.8) is 0 Å². The van der Waals surface area contributed by atoms with Crippen LogP contribution in [0.15, 0.2) is 12.3 Å². The van der Waals surface area contributed by atoms with Gasteiger partial charge < -0.3 is 16.8 Å². The van der Waals surface area contributed by atoms with Crippen LogP contribution in [0.4, 0.5) is 11.5 Å². The van der Waals surface area contributed by atoms with Gasteiger partial charge in [-0.05, 0) is 24.3 Å². The number of hydrogen-bond acceptors (Lipinski definition) is 4. The van der Waals surface area contributed by atoms with Gasteiger partial charge in [-0.15, -0.1) is 0 Å². The van der Waals surface area contributed by atoms with Crippen LogP contribution in [-0.2, 0) is 0 Å². The minimum absolute atomic E-state index is 0.318. The quantitative estimate of drug-likeness (QED) is 0.733. The number of nitrogens with two attached hydrogens (primary N) is 2. The van der Waals surface area contributed by atoms with Crippen molar-refractivity contribution >= 4 is 17.4 Å². The second-order valence-corrected chi connectivity index (χ2v) is 5.04. The Labute approximate surface area is 101 Å². The van der Waals surface area contributed by atoms with Gasteiger partial charge in [0.25, 0.3) is 5.91 Å². The predicted octanol–water partition coefficient (Wildman–Crippen LogP) is 1.36. The Morgan fingerprint density at radius 3 is 2.82 bits per heavy atom. The normalized spacial score (nSPS) is 17.2. The molecule has 1 aromatic heterocycles. The lowest BCUT2D eigenvalue weighted by Crippen LogP contribution is -2.33. The Kier molecular flexibility index (Phi) is 2.92. The number of hydrogen-bond donors (Lipinski definition) is 3. The van der Waals surface area contributed by atoms with Crippen molar-refractivity contribution in [2.24, 2.45) is 11.1 Å². The van der Waals surface area contributed by atoms with E-state index in [1.807, 2.05) is 0 Å². The topological polar surface area (TPSA) is 94.0 Å². The van der Waals surface area contributed by atoms with Gasteiger partial charge in [-0.25, -0.2) is 4.98 Å². The highest BCUT2D eigenvalue weighted by Gasteiger charge is 2.31. The van der Waals surface area contributed by atoms with Crippen LogP contribution < -0.4 is 16.8 Å². The van der Waals surface area contributed by atoms with Crippen LogP contribution >= 0.6 is 0 Å². The number of nitrogen functional groups attached to an aromatic ring is 1. The number of aromatic nitrogens is 1. The summed E-state index contributed by atoms with van der Waals surface area (Å²) in [6, 6.07) is 1.61. The number of nitrogens with one attached hydrogen (secondary N) is 1. The number of anilines is 2. The number of carbonyl (C=O) groups excluding carboxylic acids is 1. The average Bonchev–Trinajstić information content (AvgIpc) is 2.25. The first-order valence-electron chi connectivity index (χ1n) is 5.79. The molecule has 5 heteroatoms. The standard InChI is InChI=1S/C12H18N4O/c1-12(3-2-4-12)7-16-10-5-8(11(14)17)9(13)6-15-10/h5-6H,2-4,7,13H2,1H3,(H2,14,17)(H,15,16). The van der Waals surface area contributed by atoms with Crippen LogP contribution in [0.1, 0.15) is 36.5 Å². The molecule has 0 spiro atoms. The Morgan fingerprint density at radius 1 is 1.59 bits per heavy atom. The van der Waals surface area contributed by atoms with Gasteiger partial charge in [-0.2, -0.15) is 0 Å². The van der Waals surface area contributed by atoms with Gasteiger partial charge in [0, 0.05) is 6.54 Å². The molecule has 1 aromatic rings. The first-order valence-corrected chi connectivity index (χ1v) is 5.79. The molecule has 5 N–H and O–H groups in total. The highest BCUT2D eigenvalue weighted by Crippen LogP contribution is 2.40. The highest BCUT2D eigenvalue weighted by atomic mass is 16.1. The fourth-order valence-electron chi connectivity index (χ4n) is 2.04. The molecule has 0 unspecified atom stereocenters. The average molecular weight is 234 g/mol. The fraction of sp³-hybridized carbons (Fsp3) is 0.500. The van der Waals surface area contributed by atoms with Crippen LogP contribution in [0.5, 0.6) is 0 Å². The van der Waals surface area contributed by atoms with E-state index in [1.165, 1.54) is 25.5 Å². The summed E-state index contributed by atoms with van der Waals surface area (Å²) in [5, 5.41) is 3.24. The molecule has 17 heavy (non-hydrogen) atoms. The maximum atomic E-state index is 11.1. The fourth-order valence-corrected chi connectivity index (χ4v) is 2.04. The van der Waals surface area contributed by atoms with Crippen LogP contribution in [0.25, 0.3) is 0 Å². The number of rotatable bonds is 4. The number of primary amides is 1. The molecule has 0 radical (unpaired) electrons. The van der Waals surface area contributed by atoms with Gasteiger partial charge in [0.05, 0.1) is 17.4 Å². The summed E-state index contributed by atoms with van der Waals surface area (Å²) < 4.78 is 0. The molecule has 5 nitrogen and oxygen atoms in total. The molecule has 0 aromatic carbocycles. The van der Waals surface area contributed by atoms with Crippen molar-refractivity contribution < 1.29 is 4.79 Å². The van der Waals surface area contributed by atoms with Gasteiger partial charge in [-0.3, -0.25) is 4.79 Å². The number of pyridine rings is 1. The van der Waals surface area contributed by atoms with Crippen LogP contribution in [-0.4, -0.2) is 17.4 Å². The number of amides is 1. The van der Waals surface area contributed by atoms with Gasteiger partial charge in [0.2, 0.25) is 0 Å². The predicted molar refractivity (Wildman–Crippen MR) is 67.6 cm³/mol. The van der Waals surface area contributed by atoms with Gasteiger partial charge >= 0.3 is 0 Å². The Morgan fingerprint density at radius 2 is 2.29 bits per heavy atom. The van der Waals surface area contributed by atoms with E-state index in [0.29, 0.717) is 22.5 Å². The minimum Gasteiger partial charge on any atom is -0.397 e. The molecular formula is C12H18N4O. The van der Waals surface area contributed by atoms with Crippen molar-refractivity contribution in [1.82, 2.24) is 4.98 Å². The van der Waals surface area contributed by atoms with Crippen molar-refractivity contribution in [3.8, 4) is 0 Å². The second-order valence-electron chi connectivity index (χ2n) is 5.04. The second kappa shape index (κ2) is 4.24. The van der Waals surface area contributed by atoms with Crippen molar-refractivity contribution in [2.75, 3.05) is 17.6 Å². The maximum absolute atomic E-state index is 11.1. The van der Waals surface area contributed by atoms with E-state index in [2.05, 4.69) is 17.2 Å². The van der Waals surface area contributed by atoms with E-state index >= 15 is 0 Å². The summed E-state index contributed by atoms with van der Waals surface area (Å²) in [6.07, 6.45) is 5.22. The number of carbonyl (C=O) groups is 1. The van der Waals surface area contributed by atoms with Crippen molar-refractivity contribution in [3.05, 3.63) is 17.8 Å². The molecule has 1 amide bonds. The summed E-state index contributed by atoms with van der Waals surface area (Å²) in [7, 11) is 0. The van der Waals surface area contributed by atoms with E-state index < -0.39 is 5.91 Å². The zero-order valence-corrected chi connectivity index (χ0v) is 9.99. The molecule has 0 atom stereocenters. The lowest BCUT2D eigenvalue weighted by atomic mass is 9.70. The molecule has 0 aliphatic heterocycles. The monoisotopic (exact) mass is 234 g/mol. The van der Waals surface area contributed by atoms with Crippen LogP contribution in [0, 0.1) is 5.41 Å². The molecule has 1 aliphatic carbocycles. The highest BCUT2D eigenvalue weighted by molar-refractivity contribution is 5.98. The first kappa shape index (κ1) is 11.7. The molecular weight excluding hydrogens is 216 g/mol. The van der Waals surface area contributed by atoms with Crippen molar-refractivity contribution in [2.45, 2.75) is 26.2 Å². The lowest BCUT2D eigenvalue weighted by Gasteiger charge is -2.38. The molecule has 92 valence electrons. The van der Waals surface area contributed by atoms with E-state index in [0.717, 1.165) is 6.54 Å². The summed E-state index contributed by atoms with van der Waals surface area (Å²) >= 11 is 0. The summed E-state index contributed by atoms with van der Waals surface area (Å²) in [5.41, 5.74) is 11.8. The summed E-state index contributed by atoms with van der Waals surface area (Å²) in [6.45, 7) is 3.11. The minimum atomic E-state index is -0.525. The lowest BCUT2D eigenvalue weighted by molar-refractivity contribution is 0.100. The molecule has 1 fully saturated rings. The van der Waals surface area contributed by atoms with Crippen molar-refractivity contribution in [1.29, 1.82) is 0 Å². The van der Waals surface area contributed by atoms with Crippen LogP contribution in [0.2, 0.25) is 0 Å². The Balaban J connectivity index is 2.06. The zero-order valence-electron chi connectivity index (χ0n) is 9.99. The van der Waals surface area contributed by atoms with E-state index in [9.17, 15) is 4.79 Å². The van der Waals surface area contributed by atoms with Gasteiger partial charge in [0.15, 0.2) is 0 Å². The molecule has 2 rings (SSSR count). The van der Waals surface area contributed by atoms with Crippen LogP contribution in [0.3, 0.4) is 0 Å².